The maximum absolute atomic E-state index is 13.5. The fraction of sp³-hybridized carbons (Fsp3) is 0.440. The molecule has 1 N–H and O–H groups in total. The van der Waals surface area contributed by atoms with E-state index in [9.17, 15) is 13.2 Å². The third-order valence-electron chi connectivity index (χ3n) is 6.44. The number of nitrogens with one attached hydrogen (secondary N) is 1. The predicted molar refractivity (Wildman–Crippen MR) is 131 cm³/mol. The van der Waals surface area contributed by atoms with Crippen LogP contribution >= 0.6 is 0 Å². The first kappa shape index (κ1) is 23.3. The van der Waals surface area contributed by atoms with Crippen molar-refractivity contribution in [3.63, 3.8) is 0 Å². The van der Waals surface area contributed by atoms with Crippen LogP contribution < -0.4 is 9.62 Å². The van der Waals surface area contributed by atoms with Gasteiger partial charge in [-0.1, -0.05) is 38.1 Å². The van der Waals surface area contributed by atoms with Crippen LogP contribution in [0.3, 0.4) is 0 Å². The number of carbonyl (C=O) groups is 1. The van der Waals surface area contributed by atoms with E-state index in [0.717, 1.165) is 13.1 Å². The molecule has 0 spiro atoms. The fourth-order valence-electron chi connectivity index (χ4n) is 4.50. The largest absolute Gasteiger partial charge is 0.368 e. The van der Waals surface area contributed by atoms with Gasteiger partial charge in [0.05, 0.1) is 4.90 Å². The second kappa shape index (κ2) is 9.17. The smallest absolute Gasteiger partial charge is 0.263 e. The van der Waals surface area contributed by atoms with E-state index in [0.29, 0.717) is 25.1 Å². The number of piperazine rings is 1. The lowest BCUT2D eigenvalue weighted by Crippen LogP contribution is -2.51. The van der Waals surface area contributed by atoms with Crippen molar-refractivity contribution in [1.29, 1.82) is 0 Å². The average molecular weight is 469 g/mol. The average Bonchev–Trinajstić information content (AvgIpc) is 3.04. The summed E-state index contributed by atoms with van der Waals surface area (Å²) in [7, 11) is -3.64. The first-order valence-electron chi connectivity index (χ1n) is 11.5. The Morgan fingerprint density at radius 1 is 1.03 bits per heavy atom. The number of benzene rings is 2. The van der Waals surface area contributed by atoms with Gasteiger partial charge < -0.3 is 9.80 Å². The Kier molecular flexibility index (Phi) is 6.47. The van der Waals surface area contributed by atoms with Crippen molar-refractivity contribution in [3.8, 4) is 0 Å². The van der Waals surface area contributed by atoms with Crippen LogP contribution in [-0.4, -0.2) is 57.3 Å². The van der Waals surface area contributed by atoms with Gasteiger partial charge in [0.15, 0.2) is 0 Å². The third-order valence-corrected chi connectivity index (χ3v) is 7.83. The summed E-state index contributed by atoms with van der Waals surface area (Å²) in [6, 6.07) is 12.5. The van der Waals surface area contributed by atoms with Crippen molar-refractivity contribution in [2.24, 2.45) is 10.9 Å². The molecule has 7 nitrogen and oxygen atoms in total. The lowest BCUT2D eigenvalue weighted by atomic mass is 10.0. The predicted octanol–water partition coefficient (Wildman–Crippen LogP) is 3.11. The molecule has 176 valence electrons. The van der Waals surface area contributed by atoms with E-state index in [1.807, 2.05) is 18.7 Å². The van der Waals surface area contributed by atoms with Crippen molar-refractivity contribution in [3.05, 3.63) is 59.2 Å². The lowest BCUT2D eigenvalue weighted by Gasteiger charge is -2.38. The minimum atomic E-state index is -3.64. The SMILES string of the molecule is Cc1cccc(N2CCN(C(=O)C(CC(C)C)N=C3NS(=O)(=O)c4ccccc43)CC2)c1C. The van der Waals surface area contributed by atoms with Gasteiger partial charge in [0.1, 0.15) is 11.9 Å². The van der Waals surface area contributed by atoms with Crippen molar-refractivity contribution in [1.82, 2.24) is 9.62 Å². The van der Waals surface area contributed by atoms with E-state index in [-0.39, 0.29) is 22.6 Å². The van der Waals surface area contributed by atoms with Gasteiger partial charge in [0, 0.05) is 37.4 Å². The number of aryl methyl sites for hydroxylation is 1. The highest BCUT2D eigenvalue weighted by molar-refractivity contribution is 7.90. The summed E-state index contributed by atoms with van der Waals surface area (Å²) in [4.78, 5) is 22.5. The number of amidine groups is 1. The van der Waals surface area contributed by atoms with Gasteiger partial charge in [-0.3, -0.25) is 14.5 Å². The quantitative estimate of drug-likeness (QED) is 0.731. The van der Waals surface area contributed by atoms with E-state index >= 15 is 0 Å². The number of fused-ring (bicyclic) bond motifs is 1. The third kappa shape index (κ3) is 4.76. The molecule has 0 radical (unpaired) electrons. The fourth-order valence-corrected chi connectivity index (χ4v) is 5.74. The Morgan fingerprint density at radius 3 is 2.42 bits per heavy atom. The van der Waals surface area contributed by atoms with Gasteiger partial charge in [-0.15, -0.1) is 0 Å². The topological polar surface area (TPSA) is 82.1 Å². The first-order chi connectivity index (χ1) is 15.7. The molecule has 1 saturated heterocycles. The zero-order valence-corrected chi connectivity index (χ0v) is 20.5. The van der Waals surface area contributed by atoms with Crippen LogP contribution in [0.1, 0.15) is 37.0 Å². The molecule has 0 aromatic heterocycles. The van der Waals surface area contributed by atoms with E-state index in [4.69, 9.17) is 0 Å². The zero-order chi connectivity index (χ0) is 23.8. The highest BCUT2D eigenvalue weighted by atomic mass is 32.2. The summed E-state index contributed by atoms with van der Waals surface area (Å²) in [5.41, 5.74) is 4.28. The number of rotatable bonds is 5. The molecule has 2 aromatic carbocycles. The summed E-state index contributed by atoms with van der Waals surface area (Å²) < 4.78 is 27.5. The standard InChI is InChI=1S/C25H32N4O3S/c1-17(2)16-21(26-24-20-9-5-6-11-23(20)33(31,32)27-24)25(30)29-14-12-28(13-15-29)22-10-7-8-18(3)19(22)4/h5-11,17,21H,12-16H2,1-4H3,(H,26,27). The normalized spacial score (nSPS) is 19.5. The molecule has 0 saturated carbocycles. The number of amides is 1. The van der Waals surface area contributed by atoms with Crippen LogP contribution in [-0.2, 0) is 14.8 Å². The van der Waals surface area contributed by atoms with E-state index < -0.39 is 16.1 Å². The second-order valence-electron chi connectivity index (χ2n) is 9.26. The zero-order valence-electron chi connectivity index (χ0n) is 19.7. The number of hydrogen-bond donors (Lipinski definition) is 1. The van der Waals surface area contributed by atoms with Crippen LogP contribution in [0.5, 0.6) is 0 Å². The molecule has 1 atom stereocenters. The van der Waals surface area contributed by atoms with Crippen molar-refractivity contribution >= 4 is 27.5 Å². The molecule has 1 unspecified atom stereocenters. The van der Waals surface area contributed by atoms with Crippen LogP contribution in [0.4, 0.5) is 5.69 Å². The van der Waals surface area contributed by atoms with Gasteiger partial charge in [0.2, 0.25) is 5.91 Å². The summed E-state index contributed by atoms with van der Waals surface area (Å²) in [6.45, 7) is 11.1. The Labute approximate surface area is 196 Å². The number of sulfonamides is 1. The molecule has 8 heteroatoms. The van der Waals surface area contributed by atoms with Crippen molar-refractivity contribution < 1.29 is 13.2 Å². The van der Waals surface area contributed by atoms with E-state index in [1.54, 1.807) is 24.3 Å². The second-order valence-corrected chi connectivity index (χ2v) is 10.9. The maximum atomic E-state index is 13.5. The van der Waals surface area contributed by atoms with Gasteiger partial charge >= 0.3 is 0 Å². The summed E-state index contributed by atoms with van der Waals surface area (Å²) >= 11 is 0. The molecule has 2 heterocycles. The molecule has 2 aromatic rings. The minimum absolute atomic E-state index is 0.0413. The molecule has 1 amide bonds. The van der Waals surface area contributed by atoms with Crippen molar-refractivity contribution in [2.45, 2.75) is 45.1 Å². The number of nitrogens with zero attached hydrogens (tertiary/aromatic N) is 3. The number of hydrogen-bond acceptors (Lipinski definition) is 5. The Bertz CT molecular complexity index is 1180. The van der Waals surface area contributed by atoms with E-state index in [2.05, 4.69) is 46.7 Å². The first-order valence-corrected chi connectivity index (χ1v) is 13.0. The summed E-state index contributed by atoms with van der Waals surface area (Å²) in [5, 5.41) is 0. The highest BCUT2D eigenvalue weighted by Crippen LogP contribution is 2.26. The Balaban J connectivity index is 1.53. The monoisotopic (exact) mass is 468 g/mol. The minimum Gasteiger partial charge on any atom is -0.368 e. The van der Waals surface area contributed by atoms with Crippen molar-refractivity contribution in [2.75, 3.05) is 31.1 Å². The van der Waals surface area contributed by atoms with E-state index in [1.165, 1.54) is 16.8 Å². The summed E-state index contributed by atoms with van der Waals surface area (Å²) in [5.74, 6) is 0.465. The van der Waals surface area contributed by atoms with Crippen LogP contribution in [0.25, 0.3) is 0 Å². The van der Waals surface area contributed by atoms with Gasteiger partial charge in [-0.2, -0.15) is 0 Å². The molecule has 0 aliphatic carbocycles. The molecule has 2 aliphatic heterocycles. The highest BCUT2D eigenvalue weighted by Gasteiger charge is 2.34. The molecule has 1 fully saturated rings. The lowest BCUT2D eigenvalue weighted by molar-refractivity contribution is -0.133. The summed E-state index contributed by atoms with van der Waals surface area (Å²) in [6.07, 6.45) is 0.559. The Morgan fingerprint density at radius 2 is 1.73 bits per heavy atom. The molecule has 33 heavy (non-hydrogen) atoms. The van der Waals surface area contributed by atoms with Gasteiger partial charge in [-0.25, -0.2) is 8.42 Å². The Hall–Kier alpha value is -2.87. The molecular weight excluding hydrogens is 436 g/mol. The van der Waals surface area contributed by atoms with Crippen LogP contribution in [0, 0.1) is 19.8 Å². The molecular formula is C25H32N4O3S. The van der Waals surface area contributed by atoms with Crippen LogP contribution in [0.2, 0.25) is 0 Å². The van der Waals surface area contributed by atoms with Gasteiger partial charge in [0.25, 0.3) is 10.0 Å². The number of aliphatic imine (C=N–C) groups is 1. The molecule has 0 bridgehead atoms. The maximum Gasteiger partial charge on any atom is 0.263 e. The molecule has 2 aliphatic rings. The van der Waals surface area contributed by atoms with Gasteiger partial charge in [-0.05, 0) is 55.5 Å². The van der Waals surface area contributed by atoms with Crippen LogP contribution in [0.15, 0.2) is 52.4 Å². The number of anilines is 1. The number of carbonyl (C=O) groups excluding carboxylic acids is 1. The molecule has 4 rings (SSSR count).